The van der Waals surface area contributed by atoms with E-state index in [1.807, 2.05) is 31.2 Å². The monoisotopic (exact) mass is 476 g/mol. The van der Waals surface area contributed by atoms with Crippen LogP contribution in [-0.2, 0) is 14.3 Å². The topological polar surface area (TPSA) is 95.9 Å². The summed E-state index contributed by atoms with van der Waals surface area (Å²) >= 11 is 0. The molecule has 184 valence electrons. The molecule has 35 heavy (non-hydrogen) atoms. The van der Waals surface area contributed by atoms with Crippen molar-refractivity contribution in [2.75, 3.05) is 13.2 Å². The number of hydrogen-bond donors (Lipinski definition) is 2. The number of alkyl carbamates (subject to hydrolysis) is 1. The SMILES string of the molecule is CC1CCN(C(=O)CC(NC(=O)OCC2c3ccccc3-c3ccccc32)C2CC2)C(C(=O)O)C1. The molecule has 0 bridgehead atoms. The number of hydrogen-bond acceptors (Lipinski definition) is 4. The summed E-state index contributed by atoms with van der Waals surface area (Å²) in [5.41, 5.74) is 4.63. The average molecular weight is 477 g/mol. The molecule has 2 aromatic carbocycles. The molecule has 1 aliphatic heterocycles. The zero-order chi connectivity index (χ0) is 24.5. The number of aliphatic carboxylic acids is 1. The van der Waals surface area contributed by atoms with Crippen molar-refractivity contribution in [3.8, 4) is 11.1 Å². The maximum Gasteiger partial charge on any atom is 0.407 e. The van der Waals surface area contributed by atoms with Crippen molar-refractivity contribution >= 4 is 18.0 Å². The fraction of sp³-hybridized carbons (Fsp3) is 0.464. The van der Waals surface area contributed by atoms with Gasteiger partial charge in [-0.05, 0) is 59.8 Å². The largest absolute Gasteiger partial charge is 0.480 e. The number of carbonyl (C=O) groups is 3. The minimum Gasteiger partial charge on any atom is -0.480 e. The summed E-state index contributed by atoms with van der Waals surface area (Å²) < 4.78 is 5.68. The van der Waals surface area contributed by atoms with E-state index in [9.17, 15) is 19.5 Å². The molecule has 1 saturated heterocycles. The number of carbonyl (C=O) groups excluding carboxylic acids is 2. The minimum atomic E-state index is -0.961. The van der Waals surface area contributed by atoms with Gasteiger partial charge in [-0.15, -0.1) is 0 Å². The third-order valence-corrected chi connectivity index (χ3v) is 7.70. The van der Waals surface area contributed by atoms with E-state index < -0.39 is 18.1 Å². The predicted molar refractivity (Wildman–Crippen MR) is 131 cm³/mol. The zero-order valence-electron chi connectivity index (χ0n) is 20.0. The molecule has 7 nitrogen and oxygen atoms in total. The van der Waals surface area contributed by atoms with Crippen molar-refractivity contribution in [2.45, 2.75) is 57.0 Å². The van der Waals surface area contributed by atoms with Gasteiger partial charge in [-0.3, -0.25) is 4.79 Å². The van der Waals surface area contributed by atoms with Gasteiger partial charge in [0.05, 0.1) is 0 Å². The maximum atomic E-state index is 13.1. The van der Waals surface area contributed by atoms with Crippen molar-refractivity contribution in [1.82, 2.24) is 10.2 Å². The van der Waals surface area contributed by atoms with Crippen LogP contribution in [-0.4, -0.2) is 53.2 Å². The van der Waals surface area contributed by atoms with Crippen molar-refractivity contribution in [3.05, 3.63) is 59.7 Å². The van der Waals surface area contributed by atoms with Gasteiger partial charge in [-0.1, -0.05) is 55.5 Å². The highest BCUT2D eigenvalue weighted by molar-refractivity contribution is 5.85. The molecule has 0 aromatic heterocycles. The van der Waals surface area contributed by atoms with Crippen molar-refractivity contribution in [1.29, 1.82) is 0 Å². The van der Waals surface area contributed by atoms with Crippen molar-refractivity contribution in [3.63, 3.8) is 0 Å². The number of fused-ring (bicyclic) bond motifs is 3. The van der Waals surface area contributed by atoms with Crippen LogP contribution in [0.3, 0.4) is 0 Å². The molecule has 3 unspecified atom stereocenters. The first-order valence-corrected chi connectivity index (χ1v) is 12.6. The van der Waals surface area contributed by atoms with Crippen LogP contribution in [0.25, 0.3) is 11.1 Å². The van der Waals surface area contributed by atoms with Crippen LogP contribution in [0.5, 0.6) is 0 Å². The Bertz CT molecular complexity index is 1080. The molecule has 3 atom stereocenters. The highest BCUT2D eigenvalue weighted by Crippen LogP contribution is 2.44. The quantitative estimate of drug-likeness (QED) is 0.617. The van der Waals surface area contributed by atoms with Gasteiger partial charge >= 0.3 is 12.1 Å². The average Bonchev–Trinajstić information content (AvgIpc) is 3.65. The lowest BCUT2D eigenvalue weighted by atomic mass is 9.91. The van der Waals surface area contributed by atoms with Gasteiger partial charge < -0.3 is 20.1 Å². The number of nitrogens with one attached hydrogen (secondary N) is 1. The van der Waals surface area contributed by atoms with Crippen LogP contribution in [0.2, 0.25) is 0 Å². The first-order chi connectivity index (χ1) is 16.9. The Labute approximate surface area is 205 Å². The summed E-state index contributed by atoms with van der Waals surface area (Å²) in [6, 6.07) is 15.2. The standard InChI is InChI=1S/C28H32N2O5/c1-17-12-13-30(25(14-17)27(32)33)26(31)15-24(18-10-11-18)29-28(34)35-16-23-21-8-4-2-6-19(21)20-7-3-5-9-22(20)23/h2-9,17-18,23-25H,10-16H2,1H3,(H,29,34)(H,32,33). The first kappa shape index (κ1) is 23.4. The van der Waals surface area contributed by atoms with E-state index in [0.29, 0.717) is 13.0 Å². The highest BCUT2D eigenvalue weighted by Gasteiger charge is 2.39. The van der Waals surface area contributed by atoms with Crippen LogP contribution < -0.4 is 5.32 Å². The lowest BCUT2D eigenvalue weighted by Gasteiger charge is -2.36. The summed E-state index contributed by atoms with van der Waals surface area (Å²) in [6.45, 7) is 2.68. The van der Waals surface area contributed by atoms with Crippen LogP contribution in [0.1, 0.15) is 56.1 Å². The smallest absolute Gasteiger partial charge is 0.407 e. The van der Waals surface area contributed by atoms with Gasteiger partial charge in [0.2, 0.25) is 5.91 Å². The second kappa shape index (κ2) is 9.72. The Morgan fingerprint density at radius 1 is 1.03 bits per heavy atom. The van der Waals surface area contributed by atoms with E-state index in [2.05, 4.69) is 29.6 Å². The molecule has 2 fully saturated rings. The van der Waals surface area contributed by atoms with Crippen LogP contribution >= 0.6 is 0 Å². The number of carboxylic acid groups (broad SMARTS) is 1. The molecule has 2 aliphatic carbocycles. The van der Waals surface area contributed by atoms with E-state index in [1.165, 1.54) is 16.0 Å². The first-order valence-electron chi connectivity index (χ1n) is 12.6. The summed E-state index contributed by atoms with van der Waals surface area (Å²) in [5.74, 6) is -0.692. The fourth-order valence-corrected chi connectivity index (χ4v) is 5.61. The second-order valence-corrected chi connectivity index (χ2v) is 10.2. The fourth-order valence-electron chi connectivity index (χ4n) is 5.61. The normalized spacial score (nSPS) is 22.1. The molecule has 7 heteroatoms. The lowest BCUT2D eigenvalue weighted by molar-refractivity contribution is -0.153. The number of ether oxygens (including phenoxy) is 1. The van der Waals surface area contributed by atoms with Gasteiger partial charge in [0, 0.05) is 24.9 Å². The second-order valence-electron chi connectivity index (χ2n) is 10.2. The molecular formula is C28H32N2O5. The zero-order valence-corrected chi connectivity index (χ0v) is 20.0. The molecule has 0 spiro atoms. The van der Waals surface area contributed by atoms with Gasteiger partial charge in [-0.2, -0.15) is 0 Å². The lowest BCUT2D eigenvalue weighted by Crippen LogP contribution is -2.51. The summed E-state index contributed by atoms with van der Waals surface area (Å²) in [6.07, 6.45) is 2.73. The van der Waals surface area contributed by atoms with Gasteiger partial charge in [0.15, 0.2) is 0 Å². The molecule has 3 aliphatic rings. The maximum absolute atomic E-state index is 13.1. The molecule has 0 radical (unpaired) electrons. The molecular weight excluding hydrogens is 444 g/mol. The van der Waals surface area contributed by atoms with E-state index in [0.717, 1.165) is 30.4 Å². The number of nitrogens with zero attached hydrogens (tertiary/aromatic N) is 1. The Morgan fingerprint density at radius 2 is 1.66 bits per heavy atom. The molecule has 2 N–H and O–H groups in total. The Hall–Kier alpha value is -3.35. The number of benzene rings is 2. The predicted octanol–water partition coefficient (Wildman–Crippen LogP) is 4.41. The third kappa shape index (κ3) is 4.90. The number of rotatable bonds is 7. The number of amides is 2. The number of likely N-dealkylation sites (tertiary alicyclic amines) is 1. The Kier molecular flexibility index (Phi) is 6.50. The summed E-state index contributed by atoms with van der Waals surface area (Å²) in [5, 5.41) is 12.5. The third-order valence-electron chi connectivity index (χ3n) is 7.70. The Balaban J connectivity index is 1.21. The van der Waals surface area contributed by atoms with Gasteiger partial charge in [0.1, 0.15) is 12.6 Å². The van der Waals surface area contributed by atoms with E-state index in [4.69, 9.17) is 4.74 Å². The number of carboxylic acids is 1. The molecule has 2 amide bonds. The molecule has 2 aromatic rings. The van der Waals surface area contributed by atoms with Gasteiger partial charge in [0.25, 0.3) is 0 Å². The van der Waals surface area contributed by atoms with E-state index in [1.54, 1.807) is 0 Å². The van der Waals surface area contributed by atoms with Crippen molar-refractivity contribution in [2.24, 2.45) is 11.8 Å². The van der Waals surface area contributed by atoms with Gasteiger partial charge in [-0.25, -0.2) is 9.59 Å². The van der Waals surface area contributed by atoms with Crippen molar-refractivity contribution < 1.29 is 24.2 Å². The summed E-state index contributed by atoms with van der Waals surface area (Å²) in [4.78, 5) is 39.1. The van der Waals surface area contributed by atoms with E-state index in [-0.39, 0.29) is 42.7 Å². The van der Waals surface area contributed by atoms with Crippen LogP contribution in [0.15, 0.2) is 48.5 Å². The molecule has 1 saturated carbocycles. The Morgan fingerprint density at radius 3 is 2.26 bits per heavy atom. The summed E-state index contributed by atoms with van der Waals surface area (Å²) in [7, 11) is 0. The van der Waals surface area contributed by atoms with Crippen LogP contribution in [0, 0.1) is 11.8 Å². The molecule has 1 heterocycles. The molecule has 5 rings (SSSR count). The number of piperidine rings is 1. The minimum absolute atomic E-state index is 0.0270. The van der Waals surface area contributed by atoms with Crippen LogP contribution in [0.4, 0.5) is 4.79 Å². The van der Waals surface area contributed by atoms with E-state index >= 15 is 0 Å². The highest BCUT2D eigenvalue weighted by atomic mass is 16.5.